The van der Waals surface area contributed by atoms with Crippen LogP contribution in [0, 0.1) is 4.77 Å². The Hall–Kier alpha value is -2.36. The van der Waals surface area contributed by atoms with Gasteiger partial charge in [-0.15, -0.1) is 20.4 Å². The number of azo groups is 1. The van der Waals surface area contributed by atoms with E-state index in [1.54, 1.807) is 4.57 Å². The number of aromatic nitrogens is 5. The fourth-order valence-electron chi connectivity index (χ4n) is 3.13. The molecule has 0 saturated heterocycles. The molecule has 30 heavy (non-hydrogen) atoms. The first kappa shape index (κ1) is 23.9. The van der Waals surface area contributed by atoms with E-state index >= 15 is 0 Å². The molecule has 9 nitrogen and oxygen atoms in total. The highest BCUT2D eigenvalue weighted by Gasteiger charge is 2.18. The Labute approximate surface area is 182 Å². The van der Waals surface area contributed by atoms with E-state index < -0.39 is 5.56 Å². The van der Waals surface area contributed by atoms with Crippen molar-refractivity contribution >= 4 is 23.9 Å². The van der Waals surface area contributed by atoms with Gasteiger partial charge >= 0.3 is 0 Å². The highest BCUT2D eigenvalue weighted by atomic mass is 32.1. The molecule has 0 spiro atoms. The van der Waals surface area contributed by atoms with Crippen LogP contribution in [0.1, 0.15) is 78.5 Å². The summed E-state index contributed by atoms with van der Waals surface area (Å²) in [5.41, 5.74) is -0.555. The molecule has 0 aliphatic carbocycles. The quantitative estimate of drug-likeness (QED) is 0.385. The molecule has 2 aromatic rings. The summed E-state index contributed by atoms with van der Waals surface area (Å²) in [5.74, 6) is 1.07. The summed E-state index contributed by atoms with van der Waals surface area (Å²) in [6.07, 6.45) is 4.38. The first-order valence-electron chi connectivity index (χ1n) is 10.8. The predicted molar refractivity (Wildman–Crippen MR) is 120 cm³/mol. The van der Waals surface area contributed by atoms with E-state index in [2.05, 4.69) is 34.3 Å². The number of hydrogen-bond acceptors (Lipinski definition) is 7. The van der Waals surface area contributed by atoms with Crippen molar-refractivity contribution in [3.8, 4) is 5.88 Å². The van der Waals surface area contributed by atoms with Crippen LogP contribution in [-0.2, 0) is 19.6 Å². The zero-order valence-electron chi connectivity index (χ0n) is 18.6. The predicted octanol–water partition coefficient (Wildman–Crippen LogP) is 5.23. The first-order chi connectivity index (χ1) is 14.4. The van der Waals surface area contributed by atoms with Gasteiger partial charge in [0.2, 0.25) is 11.6 Å². The largest absolute Gasteiger partial charge is 0.493 e. The van der Waals surface area contributed by atoms with Crippen molar-refractivity contribution in [2.75, 3.05) is 0 Å². The first-order valence-corrected chi connectivity index (χ1v) is 11.2. The van der Waals surface area contributed by atoms with E-state index in [4.69, 9.17) is 12.2 Å². The number of rotatable bonds is 11. The van der Waals surface area contributed by atoms with E-state index in [9.17, 15) is 9.90 Å². The van der Waals surface area contributed by atoms with Crippen molar-refractivity contribution in [1.29, 1.82) is 0 Å². The molecule has 10 heteroatoms. The molecule has 2 aromatic heterocycles. The van der Waals surface area contributed by atoms with Gasteiger partial charge in [-0.3, -0.25) is 18.5 Å². The van der Waals surface area contributed by atoms with E-state index in [0.29, 0.717) is 30.4 Å². The van der Waals surface area contributed by atoms with Crippen molar-refractivity contribution in [2.45, 2.75) is 92.3 Å². The summed E-state index contributed by atoms with van der Waals surface area (Å²) in [7, 11) is 0. The van der Waals surface area contributed by atoms with Gasteiger partial charge in [-0.25, -0.2) is 0 Å². The molecule has 0 unspecified atom stereocenters. The topological polar surface area (TPSA) is 103 Å². The van der Waals surface area contributed by atoms with Gasteiger partial charge in [0.1, 0.15) is 5.82 Å². The van der Waals surface area contributed by atoms with Gasteiger partial charge in [-0.05, 0) is 31.5 Å². The lowest BCUT2D eigenvalue weighted by molar-refractivity contribution is 0.390. The smallest absolute Gasteiger partial charge is 0.286 e. The summed E-state index contributed by atoms with van der Waals surface area (Å²) < 4.78 is 5.28. The summed E-state index contributed by atoms with van der Waals surface area (Å²) in [4.78, 5) is 13.0. The zero-order chi connectivity index (χ0) is 22.3. The van der Waals surface area contributed by atoms with E-state index in [1.165, 1.54) is 4.57 Å². The Bertz CT molecular complexity index is 988. The molecule has 0 radical (unpaired) electrons. The van der Waals surface area contributed by atoms with Crippen molar-refractivity contribution in [3.63, 3.8) is 0 Å². The summed E-state index contributed by atoms with van der Waals surface area (Å²) in [6, 6.07) is 0. The van der Waals surface area contributed by atoms with Crippen molar-refractivity contribution in [3.05, 3.63) is 20.9 Å². The van der Waals surface area contributed by atoms with Crippen LogP contribution >= 0.6 is 12.2 Å². The molecule has 0 aliphatic heterocycles. The number of aromatic hydroxyl groups is 1. The van der Waals surface area contributed by atoms with Crippen LogP contribution in [0.3, 0.4) is 0 Å². The van der Waals surface area contributed by atoms with Crippen LogP contribution in [0.4, 0.5) is 11.6 Å². The molecule has 166 valence electrons. The van der Waals surface area contributed by atoms with Gasteiger partial charge in [-0.1, -0.05) is 47.5 Å². The molecule has 2 heterocycles. The average molecular weight is 436 g/mol. The third kappa shape index (κ3) is 5.21. The second-order valence-electron chi connectivity index (χ2n) is 7.63. The van der Waals surface area contributed by atoms with Crippen molar-refractivity contribution in [1.82, 2.24) is 23.9 Å². The molecule has 0 atom stereocenters. The van der Waals surface area contributed by atoms with Gasteiger partial charge in [0, 0.05) is 25.6 Å². The lowest BCUT2D eigenvalue weighted by Gasteiger charge is -2.15. The molecule has 0 aliphatic rings. The number of hydrogen-bond donors (Lipinski definition) is 1. The highest BCUT2D eigenvalue weighted by molar-refractivity contribution is 7.71. The Morgan fingerprint density at radius 2 is 1.57 bits per heavy atom. The minimum atomic E-state index is -0.437. The van der Waals surface area contributed by atoms with Crippen LogP contribution in [0.15, 0.2) is 15.0 Å². The van der Waals surface area contributed by atoms with Gasteiger partial charge in [0.15, 0.2) is 4.77 Å². The van der Waals surface area contributed by atoms with E-state index in [0.717, 1.165) is 37.9 Å². The SMILES string of the molecule is CCCCn1c(O)c(N=Nc2nnc(C(C)C)n2CCC)c(=O)n(CCCC)c1=S. The molecule has 0 bridgehead atoms. The van der Waals surface area contributed by atoms with Gasteiger partial charge in [0.05, 0.1) is 0 Å². The maximum atomic E-state index is 13.0. The van der Waals surface area contributed by atoms with Crippen molar-refractivity contribution in [2.24, 2.45) is 10.2 Å². The Morgan fingerprint density at radius 1 is 0.933 bits per heavy atom. The minimum Gasteiger partial charge on any atom is -0.493 e. The number of nitrogens with zero attached hydrogens (tertiary/aromatic N) is 7. The fraction of sp³-hybridized carbons (Fsp3) is 0.700. The van der Waals surface area contributed by atoms with E-state index in [-0.39, 0.29) is 17.5 Å². The maximum Gasteiger partial charge on any atom is 0.286 e. The van der Waals surface area contributed by atoms with Gasteiger partial charge in [-0.2, -0.15) is 0 Å². The molecule has 0 fully saturated rings. The highest BCUT2D eigenvalue weighted by Crippen LogP contribution is 2.26. The second-order valence-corrected chi connectivity index (χ2v) is 8.00. The molecular formula is C20H33N7O2S. The normalized spacial score (nSPS) is 11.8. The molecular weight excluding hydrogens is 402 g/mol. The summed E-state index contributed by atoms with van der Waals surface area (Å²) in [6.45, 7) is 11.9. The minimum absolute atomic E-state index is 0.118. The summed E-state index contributed by atoms with van der Waals surface area (Å²) in [5, 5.41) is 27.4. The summed E-state index contributed by atoms with van der Waals surface area (Å²) >= 11 is 5.49. The lowest BCUT2D eigenvalue weighted by atomic mass is 10.2. The third-order valence-corrected chi connectivity index (χ3v) is 5.25. The number of unbranched alkanes of at least 4 members (excludes halogenated alkanes) is 2. The third-order valence-electron chi connectivity index (χ3n) is 4.81. The molecule has 0 saturated carbocycles. The fourth-order valence-corrected chi connectivity index (χ4v) is 3.49. The average Bonchev–Trinajstić information content (AvgIpc) is 3.11. The molecule has 2 rings (SSSR count). The second kappa shape index (κ2) is 11.1. The zero-order valence-corrected chi connectivity index (χ0v) is 19.4. The molecule has 1 N–H and O–H groups in total. The van der Waals surface area contributed by atoms with E-state index in [1.807, 2.05) is 25.3 Å². The van der Waals surface area contributed by atoms with Gasteiger partial charge < -0.3 is 5.11 Å². The molecule has 0 amide bonds. The van der Waals surface area contributed by atoms with Crippen LogP contribution < -0.4 is 5.56 Å². The Morgan fingerprint density at radius 3 is 2.13 bits per heavy atom. The Balaban J connectivity index is 2.58. The van der Waals surface area contributed by atoms with Crippen LogP contribution in [0.5, 0.6) is 5.88 Å². The molecule has 0 aromatic carbocycles. The standard InChI is InChI=1S/C20H33N7O2S/c1-6-9-12-26-17(28)15(18(29)27(20(26)30)13-10-7-2)21-23-19-24-22-16(14(4)5)25(19)11-8-3/h14,28H,6-13H2,1-5H3. The van der Waals surface area contributed by atoms with Crippen molar-refractivity contribution < 1.29 is 5.11 Å². The van der Waals surface area contributed by atoms with Gasteiger partial charge in [0.25, 0.3) is 11.5 Å². The lowest BCUT2D eigenvalue weighted by Crippen LogP contribution is -2.25. The monoisotopic (exact) mass is 435 g/mol. The Kier molecular flexibility index (Phi) is 8.88. The van der Waals surface area contributed by atoms with Crippen LogP contribution in [-0.4, -0.2) is 29.0 Å². The van der Waals surface area contributed by atoms with Crippen LogP contribution in [0.2, 0.25) is 0 Å². The maximum absolute atomic E-state index is 13.0. The van der Waals surface area contributed by atoms with Crippen LogP contribution in [0.25, 0.3) is 0 Å².